The highest BCUT2D eigenvalue weighted by Crippen LogP contribution is 2.23. The third kappa shape index (κ3) is 3.39. The molecule has 0 fully saturated rings. The summed E-state index contributed by atoms with van der Waals surface area (Å²) in [5.74, 6) is 0.639. The van der Waals surface area contributed by atoms with Gasteiger partial charge in [0.15, 0.2) is 5.82 Å². The van der Waals surface area contributed by atoms with Crippen LogP contribution >= 0.6 is 0 Å². The second kappa shape index (κ2) is 6.25. The van der Waals surface area contributed by atoms with Crippen molar-refractivity contribution in [1.82, 2.24) is 15.5 Å². The third-order valence-electron chi connectivity index (χ3n) is 3.14. The number of nitro benzene ring substituents is 1. The molecule has 2 rings (SSSR count). The van der Waals surface area contributed by atoms with Crippen LogP contribution in [0.2, 0.25) is 0 Å². The summed E-state index contributed by atoms with van der Waals surface area (Å²) < 4.78 is 4.65. The molecule has 0 bridgehead atoms. The largest absolute Gasteiger partial charge is 0.343 e. The standard InChI is InChI=1S/C13H16N4O3/c1-9-3-4-11(7-12(9)17(18)19)10(2)14-6-5-13-15-8-20-16-13/h3-4,7-8,10,14H,5-6H2,1-2H3. The SMILES string of the molecule is Cc1ccc(C(C)NCCc2ncon2)cc1[N+](=O)[O-]. The van der Waals surface area contributed by atoms with E-state index in [1.807, 2.05) is 13.0 Å². The van der Waals surface area contributed by atoms with E-state index >= 15 is 0 Å². The minimum atomic E-state index is -0.356. The molecular weight excluding hydrogens is 260 g/mol. The topological polar surface area (TPSA) is 94.1 Å². The molecule has 1 aromatic carbocycles. The predicted molar refractivity (Wildman–Crippen MR) is 72.3 cm³/mol. The molecule has 0 saturated heterocycles. The Balaban J connectivity index is 1.96. The lowest BCUT2D eigenvalue weighted by atomic mass is 10.0. The highest BCUT2D eigenvalue weighted by Gasteiger charge is 2.14. The Hall–Kier alpha value is -2.28. The molecule has 1 atom stereocenters. The quantitative estimate of drug-likeness (QED) is 0.642. The first-order valence-electron chi connectivity index (χ1n) is 6.31. The molecular formula is C13H16N4O3. The van der Waals surface area contributed by atoms with Crippen molar-refractivity contribution in [2.24, 2.45) is 0 Å². The van der Waals surface area contributed by atoms with Crippen LogP contribution in [-0.2, 0) is 6.42 Å². The zero-order valence-corrected chi connectivity index (χ0v) is 11.4. The van der Waals surface area contributed by atoms with Crippen molar-refractivity contribution < 1.29 is 9.45 Å². The van der Waals surface area contributed by atoms with Crippen LogP contribution in [0, 0.1) is 17.0 Å². The Labute approximate surface area is 116 Å². The van der Waals surface area contributed by atoms with Gasteiger partial charge in [0.2, 0.25) is 6.39 Å². The fourth-order valence-electron chi connectivity index (χ4n) is 1.91. The minimum Gasteiger partial charge on any atom is -0.343 e. The zero-order valence-electron chi connectivity index (χ0n) is 11.4. The zero-order chi connectivity index (χ0) is 14.5. The fourth-order valence-corrected chi connectivity index (χ4v) is 1.91. The third-order valence-corrected chi connectivity index (χ3v) is 3.14. The number of aryl methyl sites for hydroxylation is 1. The molecule has 2 aromatic rings. The molecule has 0 aliphatic rings. The van der Waals surface area contributed by atoms with Gasteiger partial charge in [0.1, 0.15) is 0 Å². The molecule has 7 nitrogen and oxygen atoms in total. The highest BCUT2D eigenvalue weighted by atomic mass is 16.6. The summed E-state index contributed by atoms with van der Waals surface area (Å²) >= 11 is 0. The smallest absolute Gasteiger partial charge is 0.272 e. The molecule has 0 aliphatic heterocycles. The van der Waals surface area contributed by atoms with Crippen LogP contribution in [0.3, 0.4) is 0 Å². The van der Waals surface area contributed by atoms with Crippen molar-refractivity contribution >= 4 is 5.69 Å². The Bertz CT molecular complexity index is 583. The second-order valence-corrected chi connectivity index (χ2v) is 4.58. The van der Waals surface area contributed by atoms with Crippen LogP contribution in [0.1, 0.15) is 29.9 Å². The predicted octanol–water partition coefficient (Wildman–Crippen LogP) is 2.18. The number of nitrogens with one attached hydrogen (secondary N) is 1. The first-order valence-corrected chi connectivity index (χ1v) is 6.31. The van der Waals surface area contributed by atoms with E-state index in [2.05, 4.69) is 20.0 Å². The van der Waals surface area contributed by atoms with E-state index in [0.29, 0.717) is 24.4 Å². The number of benzene rings is 1. The molecule has 1 heterocycles. The van der Waals surface area contributed by atoms with E-state index in [1.165, 1.54) is 6.39 Å². The number of hydrogen-bond donors (Lipinski definition) is 1. The maximum absolute atomic E-state index is 10.9. The molecule has 106 valence electrons. The van der Waals surface area contributed by atoms with Gasteiger partial charge in [-0.3, -0.25) is 10.1 Å². The van der Waals surface area contributed by atoms with E-state index < -0.39 is 0 Å². The van der Waals surface area contributed by atoms with Gasteiger partial charge in [-0.2, -0.15) is 4.98 Å². The molecule has 1 aromatic heterocycles. The van der Waals surface area contributed by atoms with Crippen molar-refractivity contribution in [1.29, 1.82) is 0 Å². The number of rotatable bonds is 6. The summed E-state index contributed by atoms with van der Waals surface area (Å²) in [7, 11) is 0. The highest BCUT2D eigenvalue weighted by molar-refractivity contribution is 5.43. The minimum absolute atomic E-state index is 0.0150. The van der Waals surface area contributed by atoms with Crippen molar-refractivity contribution in [3.8, 4) is 0 Å². The average Bonchev–Trinajstić information content (AvgIpc) is 2.92. The summed E-state index contributed by atoms with van der Waals surface area (Å²) in [5.41, 5.74) is 1.70. The van der Waals surface area contributed by atoms with E-state index in [9.17, 15) is 10.1 Å². The van der Waals surface area contributed by atoms with Crippen LogP contribution in [0.5, 0.6) is 0 Å². The molecule has 20 heavy (non-hydrogen) atoms. The molecule has 0 amide bonds. The molecule has 0 radical (unpaired) electrons. The molecule has 0 aliphatic carbocycles. The van der Waals surface area contributed by atoms with E-state index in [1.54, 1.807) is 19.1 Å². The van der Waals surface area contributed by atoms with Crippen molar-refractivity contribution in [3.63, 3.8) is 0 Å². The lowest BCUT2D eigenvalue weighted by molar-refractivity contribution is -0.385. The molecule has 0 saturated carbocycles. The summed E-state index contributed by atoms with van der Waals surface area (Å²) in [6.45, 7) is 4.36. The monoisotopic (exact) mass is 276 g/mol. The number of hydrogen-bond acceptors (Lipinski definition) is 6. The maximum atomic E-state index is 10.9. The van der Waals surface area contributed by atoms with Gasteiger partial charge >= 0.3 is 0 Å². The lowest BCUT2D eigenvalue weighted by Crippen LogP contribution is -2.21. The van der Waals surface area contributed by atoms with Gasteiger partial charge in [0.25, 0.3) is 5.69 Å². The van der Waals surface area contributed by atoms with Crippen LogP contribution < -0.4 is 5.32 Å². The van der Waals surface area contributed by atoms with Crippen LogP contribution in [-0.4, -0.2) is 21.6 Å². The molecule has 1 unspecified atom stereocenters. The number of nitrogens with zero attached hydrogens (tertiary/aromatic N) is 3. The van der Waals surface area contributed by atoms with Crippen LogP contribution in [0.15, 0.2) is 29.1 Å². The van der Waals surface area contributed by atoms with Gasteiger partial charge in [-0.15, -0.1) is 0 Å². The summed E-state index contributed by atoms with van der Waals surface area (Å²) in [6, 6.07) is 5.29. The lowest BCUT2D eigenvalue weighted by Gasteiger charge is -2.13. The van der Waals surface area contributed by atoms with Gasteiger partial charge < -0.3 is 9.84 Å². The normalized spacial score (nSPS) is 12.3. The van der Waals surface area contributed by atoms with Crippen LogP contribution in [0.4, 0.5) is 5.69 Å². The van der Waals surface area contributed by atoms with Gasteiger partial charge in [-0.05, 0) is 19.4 Å². The summed E-state index contributed by atoms with van der Waals surface area (Å²) in [4.78, 5) is 14.5. The maximum Gasteiger partial charge on any atom is 0.272 e. The summed E-state index contributed by atoms with van der Waals surface area (Å²) in [5, 5.41) is 17.9. The van der Waals surface area contributed by atoms with Gasteiger partial charge in [-0.1, -0.05) is 17.3 Å². The second-order valence-electron chi connectivity index (χ2n) is 4.58. The summed E-state index contributed by atoms with van der Waals surface area (Å²) in [6.07, 6.45) is 1.94. The number of aromatic nitrogens is 2. The van der Waals surface area contributed by atoms with Gasteiger partial charge in [0, 0.05) is 30.6 Å². The molecule has 7 heteroatoms. The molecule has 1 N–H and O–H groups in total. The van der Waals surface area contributed by atoms with Gasteiger partial charge in [0.05, 0.1) is 4.92 Å². The Kier molecular flexibility index (Phi) is 4.41. The first kappa shape index (κ1) is 14.1. The fraction of sp³-hybridized carbons (Fsp3) is 0.385. The van der Waals surface area contributed by atoms with Crippen LogP contribution in [0.25, 0.3) is 0 Å². The van der Waals surface area contributed by atoms with E-state index in [4.69, 9.17) is 0 Å². The van der Waals surface area contributed by atoms with Crippen molar-refractivity contribution in [3.05, 3.63) is 51.7 Å². The Morgan fingerprint density at radius 3 is 2.95 bits per heavy atom. The van der Waals surface area contributed by atoms with Crippen molar-refractivity contribution in [2.45, 2.75) is 26.3 Å². The van der Waals surface area contributed by atoms with Crippen molar-refractivity contribution in [2.75, 3.05) is 6.54 Å². The average molecular weight is 276 g/mol. The molecule has 0 spiro atoms. The van der Waals surface area contributed by atoms with Gasteiger partial charge in [-0.25, -0.2) is 0 Å². The first-order chi connectivity index (χ1) is 9.58. The van der Waals surface area contributed by atoms with E-state index in [0.717, 1.165) is 5.56 Å². The number of nitro groups is 1. The van der Waals surface area contributed by atoms with E-state index in [-0.39, 0.29) is 16.7 Å². The Morgan fingerprint density at radius 1 is 1.50 bits per heavy atom. The Morgan fingerprint density at radius 2 is 2.30 bits per heavy atom.